The molecule has 20 heavy (non-hydrogen) atoms. The van der Waals surface area contributed by atoms with E-state index >= 15 is 0 Å². The van der Waals surface area contributed by atoms with Crippen molar-refractivity contribution in [2.24, 2.45) is 5.41 Å². The average Bonchev–Trinajstić information content (AvgIpc) is 2.33. The third kappa shape index (κ3) is 3.45. The lowest BCUT2D eigenvalue weighted by molar-refractivity contribution is -0.0191. The van der Waals surface area contributed by atoms with Gasteiger partial charge in [-0.3, -0.25) is 0 Å². The maximum atomic E-state index is 11.6. The Morgan fingerprint density at radius 3 is 2.35 bits per heavy atom. The molecular formula is C14H23N3O3. The summed E-state index contributed by atoms with van der Waals surface area (Å²) in [7, 11) is 1.30. The zero-order valence-corrected chi connectivity index (χ0v) is 13.0. The summed E-state index contributed by atoms with van der Waals surface area (Å²) in [6.45, 7) is 10.3. The second-order valence-electron chi connectivity index (χ2n) is 5.62. The fourth-order valence-electron chi connectivity index (χ4n) is 1.97. The van der Waals surface area contributed by atoms with Gasteiger partial charge in [0, 0.05) is 6.61 Å². The van der Waals surface area contributed by atoms with Crippen molar-refractivity contribution in [1.82, 2.24) is 9.97 Å². The van der Waals surface area contributed by atoms with E-state index in [0.717, 1.165) is 0 Å². The lowest BCUT2D eigenvalue weighted by atomic mass is 9.88. The molecular weight excluding hydrogens is 258 g/mol. The molecule has 0 saturated carbocycles. The Balaban J connectivity index is 3.30. The van der Waals surface area contributed by atoms with Crippen LogP contribution in [-0.4, -0.2) is 29.7 Å². The van der Waals surface area contributed by atoms with E-state index in [2.05, 4.69) is 14.7 Å². The molecule has 1 unspecified atom stereocenters. The van der Waals surface area contributed by atoms with Gasteiger partial charge in [0.25, 0.3) is 0 Å². The highest BCUT2D eigenvalue weighted by molar-refractivity contribution is 5.95. The molecule has 0 fully saturated rings. The standard InChI is InChI=1S/C14H23N3O3/c1-7-20-10(14(3,4)5)12-16-8(2)9(11(15)17-12)13(18)19-6/h10H,7H2,1-6H3,(H2,15,16,17). The molecule has 0 saturated heterocycles. The highest BCUT2D eigenvalue weighted by Crippen LogP contribution is 2.35. The van der Waals surface area contributed by atoms with Crippen molar-refractivity contribution in [3.05, 3.63) is 17.1 Å². The molecule has 0 amide bonds. The summed E-state index contributed by atoms with van der Waals surface area (Å²) in [4.78, 5) is 20.2. The predicted octanol–water partition coefficient (Wildman–Crippen LogP) is 2.28. The minimum Gasteiger partial charge on any atom is -0.465 e. The number of anilines is 1. The molecule has 1 rings (SSSR count). The summed E-state index contributed by atoms with van der Waals surface area (Å²) in [5.41, 5.74) is 6.39. The van der Waals surface area contributed by atoms with Crippen LogP contribution in [0.15, 0.2) is 0 Å². The van der Waals surface area contributed by atoms with Crippen LogP contribution in [0.5, 0.6) is 0 Å². The van der Waals surface area contributed by atoms with E-state index < -0.39 is 5.97 Å². The summed E-state index contributed by atoms with van der Waals surface area (Å²) in [5, 5.41) is 0. The molecule has 1 aromatic heterocycles. The molecule has 0 aliphatic heterocycles. The van der Waals surface area contributed by atoms with Crippen LogP contribution in [-0.2, 0) is 9.47 Å². The fraction of sp³-hybridized carbons (Fsp3) is 0.643. The van der Waals surface area contributed by atoms with Gasteiger partial charge in [-0.15, -0.1) is 0 Å². The number of nitrogen functional groups attached to an aromatic ring is 1. The first kappa shape index (κ1) is 16.4. The van der Waals surface area contributed by atoms with Crippen LogP contribution in [0.2, 0.25) is 0 Å². The Morgan fingerprint density at radius 1 is 1.35 bits per heavy atom. The van der Waals surface area contributed by atoms with Crippen molar-refractivity contribution in [3.8, 4) is 0 Å². The van der Waals surface area contributed by atoms with E-state index in [1.807, 2.05) is 27.7 Å². The van der Waals surface area contributed by atoms with Gasteiger partial charge in [-0.1, -0.05) is 20.8 Å². The monoisotopic (exact) mass is 281 g/mol. The molecule has 0 aliphatic carbocycles. The number of methoxy groups -OCH3 is 1. The number of carbonyl (C=O) groups is 1. The van der Waals surface area contributed by atoms with Crippen molar-refractivity contribution in [3.63, 3.8) is 0 Å². The van der Waals surface area contributed by atoms with Gasteiger partial charge in [0.05, 0.1) is 12.8 Å². The summed E-state index contributed by atoms with van der Waals surface area (Å²) < 4.78 is 10.4. The van der Waals surface area contributed by atoms with Gasteiger partial charge in [0.2, 0.25) is 0 Å². The van der Waals surface area contributed by atoms with Crippen molar-refractivity contribution in [1.29, 1.82) is 0 Å². The largest absolute Gasteiger partial charge is 0.465 e. The lowest BCUT2D eigenvalue weighted by Crippen LogP contribution is -2.25. The zero-order chi connectivity index (χ0) is 15.5. The van der Waals surface area contributed by atoms with Crippen LogP contribution in [0.3, 0.4) is 0 Å². The first-order chi connectivity index (χ1) is 9.22. The van der Waals surface area contributed by atoms with Crippen LogP contribution >= 0.6 is 0 Å². The average molecular weight is 281 g/mol. The van der Waals surface area contributed by atoms with Gasteiger partial charge in [0.1, 0.15) is 17.5 Å². The molecule has 6 heteroatoms. The Kier molecular flexibility index (Phi) is 5.05. The first-order valence-corrected chi connectivity index (χ1v) is 6.56. The van der Waals surface area contributed by atoms with E-state index in [1.54, 1.807) is 6.92 Å². The topological polar surface area (TPSA) is 87.3 Å². The van der Waals surface area contributed by atoms with E-state index in [0.29, 0.717) is 18.1 Å². The van der Waals surface area contributed by atoms with E-state index in [9.17, 15) is 4.79 Å². The van der Waals surface area contributed by atoms with E-state index in [4.69, 9.17) is 10.5 Å². The van der Waals surface area contributed by atoms with Crippen molar-refractivity contribution < 1.29 is 14.3 Å². The molecule has 0 bridgehead atoms. The SMILES string of the molecule is CCOC(c1nc(C)c(C(=O)OC)c(N)n1)C(C)(C)C. The van der Waals surface area contributed by atoms with Crippen molar-refractivity contribution in [2.45, 2.75) is 40.7 Å². The second kappa shape index (κ2) is 6.17. The minimum absolute atomic E-state index is 0.119. The number of nitrogens with two attached hydrogens (primary N) is 1. The molecule has 0 aromatic carbocycles. The highest BCUT2D eigenvalue weighted by Gasteiger charge is 2.31. The summed E-state index contributed by atoms with van der Waals surface area (Å²) in [6, 6.07) is 0. The van der Waals surface area contributed by atoms with Crippen LogP contribution in [0, 0.1) is 12.3 Å². The number of rotatable bonds is 4. The number of esters is 1. The summed E-state index contributed by atoms with van der Waals surface area (Å²) in [5.74, 6) is 0.0746. The predicted molar refractivity (Wildman–Crippen MR) is 76.3 cm³/mol. The molecule has 1 atom stereocenters. The van der Waals surface area contributed by atoms with E-state index in [1.165, 1.54) is 7.11 Å². The van der Waals surface area contributed by atoms with Gasteiger partial charge >= 0.3 is 5.97 Å². The third-order valence-electron chi connectivity index (χ3n) is 2.88. The number of hydrogen-bond donors (Lipinski definition) is 1. The molecule has 1 heterocycles. The van der Waals surface area contributed by atoms with Gasteiger partial charge < -0.3 is 15.2 Å². The van der Waals surface area contributed by atoms with E-state index in [-0.39, 0.29) is 22.9 Å². The van der Waals surface area contributed by atoms with Crippen LogP contribution in [0.25, 0.3) is 0 Å². The number of aryl methyl sites for hydroxylation is 1. The Labute approximate surface area is 119 Å². The maximum absolute atomic E-state index is 11.6. The van der Waals surface area contributed by atoms with Gasteiger partial charge in [-0.05, 0) is 19.3 Å². The number of hydrogen-bond acceptors (Lipinski definition) is 6. The number of nitrogens with zero attached hydrogens (tertiary/aromatic N) is 2. The third-order valence-corrected chi connectivity index (χ3v) is 2.88. The summed E-state index contributed by atoms with van der Waals surface area (Å²) >= 11 is 0. The van der Waals surface area contributed by atoms with Gasteiger partial charge in [-0.2, -0.15) is 0 Å². The Hall–Kier alpha value is -1.69. The van der Waals surface area contributed by atoms with Crippen LogP contribution < -0.4 is 5.73 Å². The molecule has 0 aliphatic rings. The fourth-order valence-corrected chi connectivity index (χ4v) is 1.97. The molecule has 2 N–H and O–H groups in total. The molecule has 6 nitrogen and oxygen atoms in total. The molecule has 1 aromatic rings. The first-order valence-electron chi connectivity index (χ1n) is 6.56. The quantitative estimate of drug-likeness (QED) is 0.852. The normalized spacial score (nSPS) is 13.1. The lowest BCUT2D eigenvalue weighted by Gasteiger charge is -2.29. The maximum Gasteiger partial charge on any atom is 0.343 e. The van der Waals surface area contributed by atoms with Crippen LogP contribution in [0.4, 0.5) is 5.82 Å². The van der Waals surface area contributed by atoms with Gasteiger partial charge in [0.15, 0.2) is 5.82 Å². The smallest absolute Gasteiger partial charge is 0.343 e. The molecule has 0 radical (unpaired) electrons. The zero-order valence-electron chi connectivity index (χ0n) is 13.0. The Bertz CT molecular complexity index is 472. The van der Waals surface area contributed by atoms with Crippen molar-refractivity contribution in [2.75, 3.05) is 19.5 Å². The second-order valence-corrected chi connectivity index (χ2v) is 5.62. The highest BCUT2D eigenvalue weighted by atomic mass is 16.5. The van der Waals surface area contributed by atoms with Gasteiger partial charge in [-0.25, -0.2) is 14.8 Å². The molecule has 0 spiro atoms. The number of ether oxygens (including phenoxy) is 2. The van der Waals surface area contributed by atoms with Crippen molar-refractivity contribution >= 4 is 11.8 Å². The molecule has 112 valence electrons. The minimum atomic E-state index is -0.532. The number of carbonyl (C=O) groups excluding carboxylic acids is 1. The summed E-state index contributed by atoms with van der Waals surface area (Å²) in [6.07, 6.45) is -0.291. The van der Waals surface area contributed by atoms with Crippen LogP contribution in [0.1, 0.15) is 55.7 Å². The number of aromatic nitrogens is 2. The Morgan fingerprint density at radius 2 is 1.95 bits per heavy atom.